The van der Waals surface area contributed by atoms with Crippen LogP contribution >= 0.6 is 11.3 Å². The Bertz CT molecular complexity index is 1620. The number of hydrogen-bond acceptors (Lipinski definition) is 9. The van der Waals surface area contributed by atoms with Crippen LogP contribution in [-0.2, 0) is 19.7 Å². The predicted octanol–water partition coefficient (Wildman–Crippen LogP) is 3.67. The first kappa shape index (κ1) is 25.2. The van der Waals surface area contributed by atoms with Gasteiger partial charge in [-0.05, 0) is 43.3 Å². The Labute approximate surface area is 218 Å². The van der Waals surface area contributed by atoms with Crippen LogP contribution in [0.5, 0.6) is 0 Å². The Balaban J connectivity index is 1.53. The van der Waals surface area contributed by atoms with Crippen LogP contribution in [0.1, 0.15) is 16.1 Å². The zero-order valence-corrected chi connectivity index (χ0v) is 22.2. The molecular formula is C25H23N3O6S3. The lowest BCUT2D eigenvalue weighted by Crippen LogP contribution is -2.48. The van der Waals surface area contributed by atoms with E-state index in [9.17, 15) is 21.6 Å². The molecule has 0 unspecified atom stereocenters. The van der Waals surface area contributed by atoms with E-state index >= 15 is 0 Å². The molecule has 2 aromatic carbocycles. The Morgan fingerprint density at radius 1 is 0.838 bits per heavy atom. The summed E-state index contributed by atoms with van der Waals surface area (Å²) in [6.07, 6.45) is 1.43. The quantitative estimate of drug-likeness (QED) is 0.352. The van der Waals surface area contributed by atoms with E-state index in [0.29, 0.717) is 26.2 Å². The molecule has 1 amide bonds. The number of sulfone groups is 2. The fraction of sp³-hybridized carbons (Fsp3) is 0.200. The summed E-state index contributed by atoms with van der Waals surface area (Å²) in [5.74, 6) is -0.0288. The third kappa shape index (κ3) is 4.79. The van der Waals surface area contributed by atoms with E-state index in [0.717, 1.165) is 16.9 Å². The van der Waals surface area contributed by atoms with Gasteiger partial charge in [0.15, 0.2) is 10.8 Å². The Kier molecular flexibility index (Phi) is 6.65. The van der Waals surface area contributed by atoms with Crippen LogP contribution in [0.2, 0.25) is 0 Å². The smallest absolute Gasteiger partial charge is 0.289 e. The summed E-state index contributed by atoms with van der Waals surface area (Å²) in [6.45, 7) is 3.06. The number of rotatable bonds is 6. The zero-order valence-electron chi connectivity index (χ0n) is 19.8. The fourth-order valence-corrected chi connectivity index (χ4v) is 8.47. The van der Waals surface area contributed by atoms with Crippen molar-refractivity contribution >= 4 is 41.9 Å². The van der Waals surface area contributed by atoms with Crippen LogP contribution in [-0.4, -0.2) is 58.8 Å². The van der Waals surface area contributed by atoms with E-state index in [4.69, 9.17) is 4.42 Å². The second kappa shape index (κ2) is 9.77. The fourth-order valence-electron chi connectivity index (χ4n) is 3.97. The molecule has 1 saturated heterocycles. The lowest BCUT2D eigenvalue weighted by Gasteiger charge is -2.35. The maximum absolute atomic E-state index is 13.7. The van der Waals surface area contributed by atoms with Gasteiger partial charge in [0.25, 0.3) is 5.91 Å². The van der Waals surface area contributed by atoms with Crippen LogP contribution in [0, 0.1) is 6.92 Å². The van der Waals surface area contributed by atoms with Crippen LogP contribution in [0.15, 0.2) is 96.6 Å². The van der Waals surface area contributed by atoms with Gasteiger partial charge in [0.05, 0.1) is 16.1 Å². The largest absolute Gasteiger partial charge is 0.459 e. The molecule has 0 atom stereocenters. The summed E-state index contributed by atoms with van der Waals surface area (Å²) in [6, 6.07) is 17.3. The minimum absolute atomic E-state index is 0.0277. The number of anilines is 1. The molecule has 0 N–H and O–H groups in total. The topological polar surface area (TPSA) is 118 Å². The minimum Gasteiger partial charge on any atom is -0.459 e. The van der Waals surface area contributed by atoms with Crippen LogP contribution in [0.25, 0.3) is 0 Å². The van der Waals surface area contributed by atoms with Crippen molar-refractivity contribution in [1.29, 1.82) is 0 Å². The highest BCUT2D eigenvalue weighted by Gasteiger charge is 2.35. The van der Waals surface area contributed by atoms with Gasteiger partial charge in [-0.25, -0.2) is 21.8 Å². The first-order chi connectivity index (χ1) is 17.7. The standard InChI is InChI=1S/C25H23N3O6S3/c1-18-9-11-20(12-10-18)36(30,31)22-24(35-25(26-22)37(32,33)19-6-3-2-4-7-19)28-15-13-27(14-16-28)23(29)21-8-5-17-34-21/h2-12,17H,13-16H2,1H3. The van der Waals surface area contributed by atoms with Crippen molar-refractivity contribution < 1.29 is 26.0 Å². The summed E-state index contributed by atoms with van der Waals surface area (Å²) in [7, 11) is -8.17. The van der Waals surface area contributed by atoms with E-state index in [2.05, 4.69) is 4.98 Å². The number of carbonyl (C=O) groups is 1. The van der Waals surface area contributed by atoms with Gasteiger partial charge >= 0.3 is 0 Å². The van der Waals surface area contributed by atoms with Crippen LogP contribution in [0.4, 0.5) is 5.00 Å². The number of amides is 1. The lowest BCUT2D eigenvalue weighted by molar-refractivity contribution is 0.0714. The number of piperazine rings is 1. The van der Waals surface area contributed by atoms with E-state index in [1.807, 2.05) is 6.92 Å². The molecule has 5 rings (SSSR count). The molecule has 0 spiro atoms. The zero-order chi connectivity index (χ0) is 26.2. The second-order valence-corrected chi connectivity index (χ2v) is 13.4. The first-order valence-electron chi connectivity index (χ1n) is 11.4. The summed E-state index contributed by atoms with van der Waals surface area (Å²) >= 11 is 0.826. The van der Waals surface area contributed by atoms with Gasteiger partial charge in [-0.15, -0.1) is 0 Å². The SMILES string of the molecule is Cc1ccc(S(=O)(=O)c2nc(S(=O)(=O)c3ccccc3)sc2N2CCN(C(=O)c3ccco3)CC2)cc1. The highest BCUT2D eigenvalue weighted by molar-refractivity contribution is 7.94. The van der Waals surface area contributed by atoms with Crippen molar-refractivity contribution in [1.82, 2.24) is 9.88 Å². The van der Waals surface area contributed by atoms with Gasteiger partial charge in [0.2, 0.25) is 24.0 Å². The van der Waals surface area contributed by atoms with Crippen molar-refractivity contribution in [2.45, 2.75) is 26.1 Å². The number of aromatic nitrogens is 1. The molecule has 4 aromatic rings. The van der Waals surface area contributed by atoms with Crippen LogP contribution in [0.3, 0.4) is 0 Å². The van der Waals surface area contributed by atoms with E-state index in [-0.39, 0.29) is 35.8 Å². The number of aryl methyl sites for hydroxylation is 1. The molecule has 3 heterocycles. The van der Waals surface area contributed by atoms with E-state index in [1.54, 1.807) is 52.3 Å². The average molecular weight is 558 g/mol. The summed E-state index contributed by atoms with van der Waals surface area (Å²) in [5.41, 5.74) is 0.891. The van der Waals surface area contributed by atoms with Gasteiger partial charge in [0, 0.05) is 26.2 Å². The molecule has 1 aliphatic rings. The van der Waals surface area contributed by atoms with Crippen LogP contribution < -0.4 is 4.90 Å². The Morgan fingerprint density at radius 3 is 2.11 bits per heavy atom. The molecule has 37 heavy (non-hydrogen) atoms. The molecule has 1 fully saturated rings. The van der Waals surface area contributed by atoms with Gasteiger partial charge in [-0.1, -0.05) is 47.2 Å². The normalized spacial score (nSPS) is 14.6. The molecule has 0 saturated carbocycles. The van der Waals surface area contributed by atoms with E-state index in [1.165, 1.54) is 30.5 Å². The summed E-state index contributed by atoms with van der Waals surface area (Å²) in [5, 5.41) is -0.0677. The molecular weight excluding hydrogens is 534 g/mol. The highest BCUT2D eigenvalue weighted by atomic mass is 32.2. The van der Waals surface area contributed by atoms with Crippen molar-refractivity contribution in [3.05, 3.63) is 84.3 Å². The number of benzene rings is 2. The Morgan fingerprint density at radius 2 is 1.49 bits per heavy atom. The number of thiazole rings is 1. The monoisotopic (exact) mass is 557 g/mol. The molecule has 0 aliphatic carbocycles. The van der Waals surface area contributed by atoms with Crippen molar-refractivity contribution in [3.8, 4) is 0 Å². The first-order valence-corrected chi connectivity index (χ1v) is 15.2. The third-order valence-electron chi connectivity index (χ3n) is 6.02. The maximum Gasteiger partial charge on any atom is 0.289 e. The van der Waals surface area contributed by atoms with E-state index < -0.39 is 19.7 Å². The summed E-state index contributed by atoms with van der Waals surface area (Å²) < 4.78 is 58.9. The molecule has 9 nitrogen and oxygen atoms in total. The van der Waals surface area contributed by atoms with Crippen molar-refractivity contribution in [2.75, 3.05) is 31.1 Å². The van der Waals surface area contributed by atoms with Crippen molar-refractivity contribution in [2.24, 2.45) is 0 Å². The van der Waals surface area contributed by atoms with Gasteiger partial charge in [-0.3, -0.25) is 4.79 Å². The second-order valence-electron chi connectivity index (χ2n) is 8.48. The van der Waals surface area contributed by atoms with Gasteiger partial charge in [-0.2, -0.15) is 0 Å². The minimum atomic E-state index is -4.13. The number of hydrogen-bond donors (Lipinski definition) is 0. The summed E-state index contributed by atoms with van der Waals surface area (Å²) in [4.78, 5) is 20.3. The molecule has 2 aromatic heterocycles. The van der Waals surface area contributed by atoms with Gasteiger partial charge in [0.1, 0.15) is 5.00 Å². The number of furan rings is 1. The molecule has 0 bridgehead atoms. The highest BCUT2D eigenvalue weighted by Crippen LogP contribution is 2.39. The number of nitrogens with zero attached hydrogens (tertiary/aromatic N) is 3. The Hall–Kier alpha value is -3.48. The lowest BCUT2D eigenvalue weighted by atomic mass is 10.2. The molecule has 0 radical (unpaired) electrons. The van der Waals surface area contributed by atoms with Crippen molar-refractivity contribution in [3.63, 3.8) is 0 Å². The molecule has 192 valence electrons. The average Bonchev–Trinajstić information content (AvgIpc) is 3.61. The predicted molar refractivity (Wildman–Crippen MR) is 137 cm³/mol. The molecule has 1 aliphatic heterocycles. The molecule has 12 heteroatoms. The third-order valence-corrected chi connectivity index (χ3v) is 11.1. The number of carbonyl (C=O) groups excluding carboxylic acids is 1. The van der Waals surface area contributed by atoms with Gasteiger partial charge < -0.3 is 14.2 Å². The maximum atomic E-state index is 13.7.